The predicted molar refractivity (Wildman–Crippen MR) is 75.7 cm³/mol. The first-order valence-electron chi connectivity index (χ1n) is 6.27. The van der Waals surface area contributed by atoms with Crippen molar-refractivity contribution in [2.45, 2.75) is 25.4 Å². The summed E-state index contributed by atoms with van der Waals surface area (Å²) in [5.41, 5.74) is 0.285. The van der Waals surface area contributed by atoms with Crippen molar-refractivity contribution in [1.82, 2.24) is 0 Å². The third kappa shape index (κ3) is 3.14. The van der Waals surface area contributed by atoms with Crippen LogP contribution in [0.4, 0.5) is 4.39 Å². The highest BCUT2D eigenvalue weighted by atomic mass is 35.5. The molecule has 100 valence electrons. The number of hydrogen-bond acceptors (Lipinski definition) is 1. The SMILES string of the molecule is CCC(O)(Cc1ccccc1)c1cc(F)ccc1Cl. The predicted octanol–water partition coefficient (Wildman–Crippen LogP) is 4.32. The lowest BCUT2D eigenvalue weighted by Gasteiger charge is -2.28. The van der Waals surface area contributed by atoms with Crippen molar-refractivity contribution < 1.29 is 9.50 Å². The van der Waals surface area contributed by atoms with Crippen molar-refractivity contribution in [3.63, 3.8) is 0 Å². The van der Waals surface area contributed by atoms with Gasteiger partial charge in [0.15, 0.2) is 0 Å². The van der Waals surface area contributed by atoms with E-state index in [2.05, 4.69) is 0 Å². The Morgan fingerprint density at radius 2 is 1.84 bits per heavy atom. The molecular weight excluding hydrogens is 263 g/mol. The minimum Gasteiger partial charge on any atom is -0.385 e. The summed E-state index contributed by atoms with van der Waals surface area (Å²) in [6.07, 6.45) is 0.874. The molecule has 2 aromatic rings. The Hall–Kier alpha value is -1.38. The van der Waals surface area contributed by atoms with Gasteiger partial charge in [-0.25, -0.2) is 4.39 Å². The molecule has 3 heteroatoms. The molecule has 0 amide bonds. The quantitative estimate of drug-likeness (QED) is 0.883. The van der Waals surface area contributed by atoms with E-state index >= 15 is 0 Å². The highest BCUT2D eigenvalue weighted by Gasteiger charge is 2.30. The average Bonchev–Trinajstić information content (AvgIpc) is 2.42. The molecule has 2 rings (SSSR count). The lowest BCUT2D eigenvalue weighted by Crippen LogP contribution is -2.28. The van der Waals surface area contributed by atoms with Crippen LogP contribution in [0.1, 0.15) is 24.5 Å². The molecule has 1 nitrogen and oxygen atoms in total. The van der Waals surface area contributed by atoms with Gasteiger partial charge in [-0.1, -0.05) is 48.9 Å². The number of benzene rings is 2. The summed E-state index contributed by atoms with van der Waals surface area (Å²) in [6.45, 7) is 1.87. The van der Waals surface area contributed by atoms with Gasteiger partial charge in [-0.2, -0.15) is 0 Å². The highest BCUT2D eigenvalue weighted by Crippen LogP contribution is 2.34. The fourth-order valence-corrected chi connectivity index (χ4v) is 2.49. The molecule has 19 heavy (non-hydrogen) atoms. The van der Waals surface area contributed by atoms with Gasteiger partial charge in [0.2, 0.25) is 0 Å². The van der Waals surface area contributed by atoms with Gasteiger partial charge in [0.1, 0.15) is 5.82 Å². The second-order valence-corrected chi connectivity index (χ2v) is 5.08. The molecule has 0 fully saturated rings. The molecule has 0 aliphatic heterocycles. The van der Waals surface area contributed by atoms with Crippen molar-refractivity contribution >= 4 is 11.6 Å². The van der Waals surface area contributed by atoms with E-state index in [1.165, 1.54) is 18.2 Å². The standard InChI is InChI=1S/C16H16ClFO/c1-2-16(19,11-12-6-4-3-5-7-12)14-10-13(18)8-9-15(14)17/h3-10,19H,2,11H2,1H3. The Bertz CT molecular complexity index is 556. The molecule has 0 saturated carbocycles. The third-order valence-electron chi connectivity index (χ3n) is 3.35. The Morgan fingerprint density at radius 1 is 1.16 bits per heavy atom. The number of rotatable bonds is 4. The molecular formula is C16H16ClFO. The molecule has 0 aliphatic rings. The van der Waals surface area contributed by atoms with Gasteiger partial charge in [0.25, 0.3) is 0 Å². The minimum atomic E-state index is -1.15. The van der Waals surface area contributed by atoms with Crippen LogP contribution >= 0.6 is 11.6 Å². The first-order chi connectivity index (χ1) is 9.05. The van der Waals surface area contributed by atoms with Crippen LogP contribution in [0.2, 0.25) is 5.02 Å². The van der Waals surface area contributed by atoms with E-state index in [1.807, 2.05) is 37.3 Å². The number of halogens is 2. The Balaban J connectivity index is 2.39. The van der Waals surface area contributed by atoms with E-state index < -0.39 is 5.60 Å². The highest BCUT2D eigenvalue weighted by molar-refractivity contribution is 6.31. The molecule has 0 heterocycles. The van der Waals surface area contributed by atoms with Crippen molar-refractivity contribution in [3.05, 3.63) is 70.5 Å². The van der Waals surface area contributed by atoms with Gasteiger partial charge in [-0.3, -0.25) is 0 Å². The Kier molecular flexibility index (Phi) is 4.23. The Morgan fingerprint density at radius 3 is 2.47 bits per heavy atom. The summed E-state index contributed by atoms with van der Waals surface area (Å²) >= 11 is 6.10. The molecule has 2 aromatic carbocycles. The number of aliphatic hydroxyl groups is 1. The smallest absolute Gasteiger partial charge is 0.123 e. The second kappa shape index (κ2) is 5.72. The minimum absolute atomic E-state index is 0.390. The van der Waals surface area contributed by atoms with Crippen LogP contribution in [0, 0.1) is 5.82 Å². The maximum Gasteiger partial charge on any atom is 0.123 e. The van der Waals surface area contributed by atoms with E-state index in [9.17, 15) is 9.50 Å². The molecule has 1 N–H and O–H groups in total. The monoisotopic (exact) mass is 278 g/mol. The van der Waals surface area contributed by atoms with E-state index in [0.717, 1.165) is 5.56 Å². The largest absolute Gasteiger partial charge is 0.385 e. The lowest BCUT2D eigenvalue weighted by molar-refractivity contribution is 0.0325. The first-order valence-corrected chi connectivity index (χ1v) is 6.65. The maximum atomic E-state index is 13.4. The summed E-state index contributed by atoms with van der Waals surface area (Å²) < 4.78 is 13.4. The maximum absolute atomic E-state index is 13.4. The van der Waals surface area contributed by atoms with Crippen LogP contribution in [0.15, 0.2) is 48.5 Å². The van der Waals surface area contributed by atoms with Crippen LogP contribution in [0.25, 0.3) is 0 Å². The molecule has 1 atom stereocenters. The van der Waals surface area contributed by atoms with Gasteiger partial charge in [0, 0.05) is 17.0 Å². The molecule has 0 bridgehead atoms. The van der Waals surface area contributed by atoms with Gasteiger partial charge >= 0.3 is 0 Å². The molecule has 0 aliphatic carbocycles. The fourth-order valence-electron chi connectivity index (χ4n) is 2.20. The Labute approximate surface area is 117 Å². The molecule has 0 saturated heterocycles. The van der Waals surface area contributed by atoms with E-state index in [-0.39, 0.29) is 5.82 Å². The average molecular weight is 279 g/mol. The zero-order valence-electron chi connectivity index (χ0n) is 10.7. The summed E-state index contributed by atoms with van der Waals surface area (Å²) in [5, 5.41) is 11.2. The van der Waals surface area contributed by atoms with Crippen molar-refractivity contribution in [3.8, 4) is 0 Å². The second-order valence-electron chi connectivity index (χ2n) is 4.67. The topological polar surface area (TPSA) is 20.2 Å². The van der Waals surface area contributed by atoms with Gasteiger partial charge < -0.3 is 5.11 Å². The normalized spacial score (nSPS) is 14.1. The van der Waals surface area contributed by atoms with Crippen LogP contribution in [0.3, 0.4) is 0 Å². The van der Waals surface area contributed by atoms with E-state index in [4.69, 9.17) is 11.6 Å². The van der Waals surface area contributed by atoms with Crippen LogP contribution in [-0.4, -0.2) is 5.11 Å². The van der Waals surface area contributed by atoms with Gasteiger partial charge in [-0.05, 0) is 30.2 Å². The summed E-state index contributed by atoms with van der Waals surface area (Å²) in [7, 11) is 0. The zero-order valence-corrected chi connectivity index (χ0v) is 11.5. The molecule has 0 spiro atoms. The summed E-state index contributed by atoms with van der Waals surface area (Å²) in [4.78, 5) is 0. The van der Waals surface area contributed by atoms with Crippen LogP contribution in [0.5, 0.6) is 0 Å². The van der Waals surface area contributed by atoms with Gasteiger partial charge in [0.05, 0.1) is 5.60 Å². The van der Waals surface area contributed by atoms with Crippen molar-refractivity contribution in [1.29, 1.82) is 0 Å². The summed E-state index contributed by atoms with van der Waals surface area (Å²) in [6, 6.07) is 13.7. The molecule has 1 unspecified atom stereocenters. The van der Waals surface area contributed by atoms with Crippen LogP contribution < -0.4 is 0 Å². The number of hydrogen-bond donors (Lipinski definition) is 1. The van der Waals surface area contributed by atoms with Crippen molar-refractivity contribution in [2.24, 2.45) is 0 Å². The zero-order chi connectivity index (χ0) is 13.9. The van der Waals surface area contributed by atoms with Gasteiger partial charge in [-0.15, -0.1) is 0 Å². The molecule has 0 aromatic heterocycles. The fraction of sp³-hybridized carbons (Fsp3) is 0.250. The molecule has 0 radical (unpaired) electrons. The summed E-state index contributed by atoms with van der Waals surface area (Å²) in [5.74, 6) is -0.390. The van der Waals surface area contributed by atoms with Crippen molar-refractivity contribution in [2.75, 3.05) is 0 Å². The van der Waals surface area contributed by atoms with E-state index in [1.54, 1.807) is 0 Å². The third-order valence-corrected chi connectivity index (χ3v) is 3.68. The first kappa shape index (κ1) is 14.0. The van der Waals surface area contributed by atoms with Crippen LogP contribution in [-0.2, 0) is 12.0 Å². The van der Waals surface area contributed by atoms with E-state index in [0.29, 0.717) is 23.4 Å². The lowest BCUT2D eigenvalue weighted by atomic mass is 9.85.